The largest absolute Gasteiger partial charge is 0.478 e. The second-order valence-electron chi connectivity index (χ2n) is 6.12. The molecule has 7 nitrogen and oxygen atoms in total. The molecule has 5 aromatic rings. The summed E-state index contributed by atoms with van der Waals surface area (Å²) in [6.45, 7) is 0. The first-order valence-corrected chi connectivity index (χ1v) is 8.51. The van der Waals surface area contributed by atoms with Crippen LogP contribution in [0, 0.1) is 0 Å². The topological polar surface area (TPSA) is 98.1 Å². The van der Waals surface area contributed by atoms with Gasteiger partial charge in [-0.1, -0.05) is 18.2 Å². The van der Waals surface area contributed by atoms with Crippen LogP contribution < -0.4 is 4.74 Å². The second-order valence-corrected chi connectivity index (χ2v) is 6.12. The molecule has 1 N–H and O–H groups in total. The fourth-order valence-corrected chi connectivity index (χ4v) is 3.19. The maximum Gasteiger partial charge on any atom is 0.337 e. The van der Waals surface area contributed by atoms with Crippen LogP contribution in [0.25, 0.3) is 32.8 Å². The molecule has 0 bridgehead atoms. The van der Waals surface area contributed by atoms with E-state index in [1.807, 2.05) is 30.3 Å². The fourth-order valence-electron chi connectivity index (χ4n) is 3.19. The summed E-state index contributed by atoms with van der Waals surface area (Å²) in [4.78, 5) is 29.0. The van der Waals surface area contributed by atoms with Crippen LogP contribution in [0.3, 0.4) is 0 Å². The van der Waals surface area contributed by atoms with Crippen molar-refractivity contribution in [2.24, 2.45) is 0 Å². The minimum atomic E-state index is -1.04. The van der Waals surface area contributed by atoms with E-state index in [0.29, 0.717) is 27.8 Å². The molecule has 0 aliphatic heterocycles. The van der Waals surface area contributed by atoms with E-state index in [0.717, 1.165) is 10.8 Å². The van der Waals surface area contributed by atoms with Gasteiger partial charge in [-0.25, -0.2) is 24.7 Å². The van der Waals surface area contributed by atoms with Gasteiger partial charge in [-0.05, 0) is 36.4 Å². The predicted octanol–water partition coefficient (Wildman–Crippen LogP) is 4.22. The number of hydrogen-bond donors (Lipinski definition) is 1. The van der Waals surface area contributed by atoms with E-state index >= 15 is 0 Å². The lowest BCUT2D eigenvalue weighted by Gasteiger charge is -2.10. The lowest BCUT2D eigenvalue weighted by Crippen LogP contribution is -2.00. The zero-order valence-corrected chi connectivity index (χ0v) is 14.4. The van der Waals surface area contributed by atoms with Crippen LogP contribution in [0.4, 0.5) is 0 Å². The average molecular weight is 368 g/mol. The zero-order valence-electron chi connectivity index (χ0n) is 14.4. The molecule has 0 aliphatic carbocycles. The number of carboxylic acid groups (broad SMARTS) is 1. The van der Waals surface area contributed by atoms with Crippen molar-refractivity contribution in [2.75, 3.05) is 0 Å². The van der Waals surface area contributed by atoms with E-state index in [9.17, 15) is 9.90 Å². The molecule has 0 saturated heterocycles. The standard InChI is InChI=1S/C21H12N4O3/c26-20(27)14-5-1-6-15-19(14)25-18-13-4-2-7-17(12(13)8-9-16(18)24-15)28-21-22-10-3-11-23-21/h1-11H,(H,26,27). The maximum absolute atomic E-state index is 11.6. The van der Waals surface area contributed by atoms with Crippen molar-refractivity contribution in [1.82, 2.24) is 19.9 Å². The summed E-state index contributed by atoms with van der Waals surface area (Å²) in [7, 11) is 0. The molecule has 0 radical (unpaired) electrons. The minimum Gasteiger partial charge on any atom is -0.478 e. The molecular weight excluding hydrogens is 356 g/mol. The number of fused-ring (bicyclic) bond motifs is 4. The van der Waals surface area contributed by atoms with Crippen molar-refractivity contribution in [3.05, 3.63) is 72.6 Å². The van der Waals surface area contributed by atoms with Crippen molar-refractivity contribution in [1.29, 1.82) is 0 Å². The van der Waals surface area contributed by atoms with Crippen molar-refractivity contribution < 1.29 is 14.6 Å². The number of aromatic carboxylic acids is 1. The Morgan fingerprint density at radius 1 is 0.786 bits per heavy atom. The first-order chi connectivity index (χ1) is 13.7. The molecule has 28 heavy (non-hydrogen) atoms. The Bertz CT molecular complexity index is 1370. The fraction of sp³-hybridized carbons (Fsp3) is 0. The molecule has 5 rings (SSSR count). The van der Waals surface area contributed by atoms with Gasteiger partial charge in [0.1, 0.15) is 11.3 Å². The van der Waals surface area contributed by atoms with Crippen LogP contribution in [0.15, 0.2) is 67.0 Å². The van der Waals surface area contributed by atoms with Crippen LogP contribution in [0.5, 0.6) is 11.8 Å². The summed E-state index contributed by atoms with van der Waals surface area (Å²) in [5, 5.41) is 11.1. The number of hydrogen-bond acceptors (Lipinski definition) is 6. The molecular formula is C21H12N4O3. The van der Waals surface area contributed by atoms with E-state index in [-0.39, 0.29) is 11.6 Å². The van der Waals surface area contributed by atoms with Crippen molar-refractivity contribution in [3.8, 4) is 11.8 Å². The third kappa shape index (κ3) is 2.57. The van der Waals surface area contributed by atoms with Crippen LogP contribution in [-0.4, -0.2) is 31.0 Å². The van der Waals surface area contributed by atoms with Gasteiger partial charge in [-0.2, -0.15) is 0 Å². The van der Waals surface area contributed by atoms with Crippen LogP contribution in [-0.2, 0) is 0 Å². The predicted molar refractivity (Wildman–Crippen MR) is 104 cm³/mol. The first-order valence-electron chi connectivity index (χ1n) is 8.51. The van der Waals surface area contributed by atoms with Gasteiger partial charge in [0.05, 0.1) is 22.1 Å². The molecule has 0 saturated carbocycles. The Kier molecular flexibility index (Phi) is 3.58. The van der Waals surface area contributed by atoms with Crippen LogP contribution in [0.1, 0.15) is 10.4 Å². The summed E-state index contributed by atoms with van der Waals surface area (Å²) in [6, 6.07) is 16.2. The molecule has 0 amide bonds. The van der Waals surface area contributed by atoms with E-state index in [4.69, 9.17) is 4.74 Å². The monoisotopic (exact) mass is 368 g/mol. The Labute approximate surface area is 158 Å². The lowest BCUT2D eigenvalue weighted by molar-refractivity contribution is 0.0699. The Hall–Kier alpha value is -4.13. The maximum atomic E-state index is 11.6. The molecule has 134 valence electrons. The van der Waals surface area contributed by atoms with Gasteiger partial charge in [0, 0.05) is 23.2 Å². The molecule has 3 aromatic carbocycles. The van der Waals surface area contributed by atoms with E-state index in [2.05, 4.69) is 19.9 Å². The number of para-hydroxylation sites is 1. The molecule has 2 heterocycles. The summed E-state index contributed by atoms with van der Waals surface area (Å²) in [5.74, 6) is -0.455. The number of rotatable bonds is 3. The SMILES string of the molecule is O=C(O)c1cccc2nc3ccc4c(Oc5ncccn5)cccc4c3nc12. The first kappa shape index (κ1) is 16.1. The number of carboxylic acids is 1. The highest BCUT2D eigenvalue weighted by Crippen LogP contribution is 2.33. The minimum absolute atomic E-state index is 0.119. The third-order valence-corrected chi connectivity index (χ3v) is 4.42. The molecule has 0 atom stereocenters. The quantitative estimate of drug-likeness (QED) is 0.376. The van der Waals surface area contributed by atoms with Crippen LogP contribution in [0.2, 0.25) is 0 Å². The number of carbonyl (C=O) groups is 1. The van der Waals surface area contributed by atoms with Gasteiger partial charge in [0.25, 0.3) is 0 Å². The van der Waals surface area contributed by atoms with Crippen LogP contribution >= 0.6 is 0 Å². The number of nitrogens with zero attached hydrogens (tertiary/aromatic N) is 4. The summed E-state index contributed by atoms with van der Waals surface area (Å²) < 4.78 is 5.83. The van der Waals surface area contributed by atoms with Gasteiger partial charge in [-0.3, -0.25) is 0 Å². The van der Waals surface area contributed by atoms with E-state index in [1.165, 1.54) is 6.07 Å². The highest BCUT2D eigenvalue weighted by Gasteiger charge is 2.14. The Balaban J connectivity index is 1.78. The summed E-state index contributed by atoms with van der Waals surface area (Å²) >= 11 is 0. The lowest BCUT2D eigenvalue weighted by atomic mass is 10.1. The molecule has 2 aromatic heterocycles. The van der Waals surface area contributed by atoms with Gasteiger partial charge < -0.3 is 9.84 Å². The van der Waals surface area contributed by atoms with E-state index < -0.39 is 5.97 Å². The molecule has 0 spiro atoms. The van der Waals surface area contributed by atoms with E-state index in [1.54, 1.807) is 30.6 Å². The van der Waals surface area contributed by atoms with Crippen molar-refractivity contribution in [2.45, 2.75) is 0 Å². The third-order valence-electron chi connectivity index (χ3n) is 4.42. The number of aromatic nitrogens is 4. The average Bonchev–Trinajstić information content (AvgIpc) is 2.72. The number of ether oxygens (including phenoxy) is 1. The molecule has 0 fully saturated rings. The van der Waals surface area contributed by atoms with Crippen molar-refractivity contribution >= 4 is 38.8 Å². The highest BCUT2D eigenvalue weighted by molar-refractivity contribution is 6.10. The van der Waals surface area contributed by atoms with Crippen molar-refractivity contribution in [3.63, 3.8) is 0 Å². The summed E-state index contributed by atoms with van der Waals surface area (Å²) in [5.41, 5.74) is 2.30. The van der Waals surface area contributed by atoms with Gasteiger partial charge in [0.2, 0.25) is 0 Å². The molecule has 7 heteroatoms. The van der Waals surface area contributed by atoms with Gasteiger partial charge in [-0.15, -0.1) is 0 Å². The smallest absolute Gasteiger partial charge is 0.337 e. The Morgan fingerprint density at radius 3 is 2.39 bits per heavy atom. The highest BCUT2D eigenvalue weighted by atomic mass is 16.5. The molecule has 0 aliphatic rings. The normalized spacial score (nSPS) is 11.1. The number of benzene rings is 3. The zero-order chi connectivity index (χ0) is 19.1. The van der Waals surface area contributed by atoms with Gasteiger partial charge >= 0.3 is 12.0 Å². The molecule has 0 unspecified atom stereocenters. The Morgan fingerprint density at radius 2 is 1.57 bits per heavy atom. The van der Waals surface area contributed by atoms with Gasteiger partial charge in [0.15, 0.2) is 0 Å². The summed E-state index contributed by atoms with van der Waals surface area (Å²) in [6.07, 6.45) is 3.21. The second kappa shape index (κ2) is 6.24.